The first-order valence-electron chi connectivity index (χ1n) is 4.84. The van der Waals surface area contributed by atoms with Crippen LogP contribution < -0.4 is 10.5 Å². The lowest BCUT2D eigenvalue weighted by atomic mass is 9.88. The van der Waals surface area contributed by atoms with E-state index in [4.69, 9.17) is 10.5 Å². The van der Waals surface area contributed by atoms with E-state index in [9.17, 15) is 0 Å². The van der Waals surface area contributed by atoms with Gasteiger partial charge in [0, 0.05) is 6.04 Å². The molecule has 2 N–H and O–H groups in total. The largest absolute Gasteiger partial charge is 0.496 e. The highest BCUT2D eigenvalue weighted by molar-refractivity contribution is 9.10. The van der Waals surface area contributed by atoms with Crippen molar-refractivity contribution in [2.24, 2.45) is 5.73 Å². The van der Waals surface area contributed by atoms with Gasteiger partial charge in [-0.3, -0.25) is 0 Å². The summed E-state index contributed by atoms with van der Waals surface area (Å²) in [5.41, 5.74) is 8.65. The Hall–Kier alpha value is -0.540. The summed E-state index contributed by atoms with van der Waals surface area (Å²) in [5.74, 6) is 0.876. The molecular formula is C11H14BrNO. The SMILES string of the molecule is COc1cc2c(cc1Br)CCCC2N. The Labute approximate surface area is 92.6 Å². The lowest BCUT2D eigenvalue weighted by Gasteiger charge is -2.23. The molecule has 76 valence electrons. The quantitative estimate of drug-likeness (QED) is 0.838. The van der Waals surface area contributed by atoms with Crippen LogP contribution in [0.15, 0.2) is 16.6 Å². The van der Waals surface area contributed by atoms with Crippen molar-refractivity contribution in [1.29, 1.82) is 0 Å². The van der Waals surface area contributed by atoms with Gasteiger partial charge in [-0.05, 0) is 58.5 Å². The highest BCUT2D eigenvalue weighted by Crippen LogP contribution is 2.35. The lowest BCUT2D eigenvalue weighted by molar-refractivity contribution is 0.409. The first kappa shape index (κ1) is 9.99. The van der Waals surface area contributed by atoms with Gasteiger partial charge in [-0.1, -0.05) is 0 Å². The van der Waals surface area contributed by atoms with Crippen LogP contribution in [0.2, 0.25) is 0 Å². The fraction of sp³-hybridized carbons (Fsp3) is 0.455. The van der Waals surface area contributed by atoms with Gasteiger partial charge in [0.25, 0.3) is 0 Å². The minimum atomic E-state index is 0.181. The standard InChI is InChI=1S/C11H14BrNO/c1-14-11-6-8-7(5-9(11)12)3-2-4-10(8)13/h5-6,10H,2-4,13H2,1H3. The van der Waals surface area contributed by atoms with Gasteiger partial charge in [-0.25, -0.2) is 0 Å². The Morgan fingerprint density at radius 2 is 2.29 bits per heavy atom. The number of benzene rings is 1. The Balaban J connectivity index is 2.49. The van der Waals surface area contributed by atoms with Gasteiger partial charge in [0.1, 0.15) is 5.75 Å². The van der Waals surface area contributed by atoms with E-state index in [2.05, 4.69) is 28.1 Å². The van der Waals surface area contributed by atoms with E-state index >= 15 is 0 Å². The van der Waals surface area contributed by atoms with Crippen molar-refractivity contribution >= 4 is 15.9 Å². The molecule has 0 aromatic heterocycles. The molecule has 2 rings (SSSR count). The fourth-order valence-electron chi connectivity index (χ4n) is 2.00. The van der Waals surface area contributed by atoms with Crippen molar-refractivity contribution < 1.29 is 4.74 Å². The zero-order valence-electron chi connectivity index (χ0n) is 8.22. The third kappa shape index (κ3) is 1.66. The summed E-state index contributed by atoms with van der Waals surface area (Å²) in [5, 5.41) is 0. The van der Waals surface area contributed by atoms with Crippen LogP contribution in [0.25, 0.3) is 0 Å². The van der Waals surface area contributed by atoms with Crippen LogP contribution >= 0.6 is 15.9 Å². The van der Waals surface area contributed by atoms with Gasteiger partial charge in [-0.15, -0.1) is 0 Å². The molecule has 1 atom stereocenters. The molecule has 0 fully saturated rings. The highest BCUT2D eigenvalue weighted by atomic mass is 79.9. The molecule has 1 unspecified atom stereocenters. The van der Waals surface area contributed by atoms with Crippen molar-refractivity contribution in [3.8, 4) is 5.75 Å². The number of hydrogen-bond donors (Lipinski definition) is 1. The molecule has 1 aromatic carbocycles. The summed E-state index contributed by atoms with van der Waals surface area (Å²) < 4.78 is 6.28. The Morgan fingerprint density at radius 1 is 1.50 bits per heavy atom. The van der Waals surface area contributed by atoms with Crippen LogP contribution in [-0.2, 0) is 6.42 Å². The molecule has 0 aliphatic heterocycles. The van der Waals surface area contributed by atoms with Gasteiger partial charge in [-0.2, -0.15) is 0 Å². The van der Waals surface area contributed by atoms with E-state index in [1.54, 1.807) is 7.11 Å². The van der Waals surface area contributed by atoms with Crippen LogP contribution in [0.5, 0.6) is 5.75 Å². The molecule has 0 radical (unpaired) electrons. The first-order chi connectivity index (χ1) is 6.72. The molecule has 1 aromatic rings. The second-order valence-corrected chi connectivity index (χ2v) is 4.54. The third-order valence-electron chi connectivity index (χ3n) is 2.77. The number of nitrogens with two attached hydrogens (primary N) is 1. The van der Waals surface area contributed by atoms with Gasteiger partial charge < -0.3 is 10.5 Å². The van der Waals surface area contributed by atoms with Gasteiger partial charge >= 0.3 is 0 Å². The van der Waals surface area contributed by atoms with Crippen molar-refractivity contribution in [2.75, 3.05) is 7.11 Å². The lowest BCUT2D eigenvalue weighted by Crippen LogP contribution is -2.17. The monoisotopic (exact) mass is 255 g/mol. The molecule has 0 saturated carbocycles. The second-order valence-electron chi connectivity index (χ2n) is 3.68. The van der Waals surface area contributed by atoms with E-state index in [0.29, 0.717) is 0 Å². The van der Waals surface area contributed by atoms with Crippen molar-refractivity contribution in [2.45, 2.75) is 25.3 Å². The average Bonchev–Trinajstić information content (AvgIpc) is 2.17. The first-order valence-corrected chi connectivity index (χ1v) is 5.63. The predicted molar refractivity (Wildman–Crippen MR) is 60.6 cm³/mol. The van der Waals surface area contributed by atoms with Gasteiger partial charge in [0.15, 0.2) is 0 Å². The van der Waals surface area contributed by atoms with E-state index in [1.807, 2.05) is 0 Å². The topological polar surface area (TPSA) is 35.2 Å². The predicted octanol–water partition coefficient (Wildman–Crippen LogP) is 2.79. The normalized spacial score (nSPS) is 20.4. The number of halogens is 1. The highest BCUT2D eigenvalue weighted by Gasteiger charge is 2.18. The molecule has 0 bridgehead atoms. The molecule has 0 spiro atoms. The van der Waals surface area contributed by atoms with E-state index in [-0.39, 0.29) is 6.04 Å². The molecule has 0 heterocycles. The smallest absolute Gasteiger partial charge is 0.133 e. The van der Waals surface area contributed by atoms with Crippen LogP contribution in [0.1, 0.15) is 30.0 Å². The molecule has 1 aliphatic rings. The van der Waals surface area contributed by atoms with Crippen LogP contribution in [0.3, 0.4) is 0 Å². The molecule has 3 heteroatoms. The number of fused-ring (bicyclic) bond motifs is 1. The number of hydrogen-bond acceptors (Lipinski definition) is 2. The summed E-state index contributed by atoms with van der Waals surface area (Å²) in [4.78, 5) is 0. The Kier molecular flexibility index (Phi) is 2.79. The molecule has 0 amide bonds. The van der Waals surface area contributed by atoms with Gasteiger partial charge in [0.05, 0.1) is 11.6 Å². The molecule has 2 nitrogen and oxygen atoms in total. The maximum absolute atomic E-state index is 6.05. The molecule has 1 aliphatic carbocycles. The Bertz CT molecular complexity index is 351. The van der Waals surface area contributed by atoms with E-state index < -0.39 is 0 Å². The van der Waals surface area contributed by atoms with E-state index in [1.165, 1.54) is 17.5 Å². The summed E-state index contributed by atoms with van der Waals surface area (Å²) in [6.45, 7) is 0. The molecule has 14 heavy (non-hydrogen) atoms. The van der Waals surface area contributed by atoms with Gasteiger partial charge in [0.2, 0.25) is 0 Å². The Morgan fingerprint density at radius 3 is 3.00 bits per heavy atom. The summed E-state index contributed by atoms with van der Waals surface area (Å²) in [7, 11) is 1.68. The minimum Gasteiger partial charge on any atom is -0.496 e. The summed E-state index contributed by atoms with van der Waals surface area (Å²) >= 11 is 3.49. The van der Waals surface area contributed by atoms with Crippen LogP contribution in [-0.4, -0.2) is 7.11 Å². The summed E-state index contributed by atoms with van der Waals surface area (Å²) in [6.07, 6.45) is 3.40. The molecular weight excluding hydrogens is 242 g/mol. The number of rotatable bonds is 1. The minimum absolute atomic E-state index is 0.181. The van der Waals surface area contributed by atoms with E-state index in [0.717, 1.165) is 23.1 Å². The zero-order valence-corrected chi connectivity index (χ0v) is 9.80. The zero-order chi connectivity index (χ0) is 10.1. The average molecular weight is 256 g/mol. The molecule has 0 saturated heterocycles. The second kappa shape index (κ2) is 3.91. The number of aryl methyl sites for hydroxylation is 1. The number of methoxy groups -OCH3 is 1. The van der Waals surface area contributed by atoms with Crippen molar-refractivity contribution in [3.63, 3.8) is 0 Å². The van der Waals surface area contributed by atoms with Crippen molar-refractivity contribution in [1.82, 2.24) is 0 Å². The summed E-state index contributed by atoms with van der Waals surface area (Å²) in [6, 6.07) is 4.37. The number of ether oxygens (including phenoxy) is 1. The van der Waals surface area contributed by atoms with Crippen LogP contribution in [0, 0.1) is 0 Å². The fourth-order valence-corrected chi connectivity index (χ4v) is 2.55. The maximum atomic E-state index is 6.05. The van der Waals surface area contributed by atoms with Crippen LogP contribution in [0.4, 0.5) is 0 Å². The third-order valence-corrected chi connectivity index (χ3v) is 3.39. The van der Waals surface area contributed by atoms with Crippen molar-refractivity contribution in [3.05, 3.63) is 27.7 Å². The maximum Gasteiger partial charge on any atom is 0.133 e.